The molecule has 0 atom stereocenters. The SMILES string of the molecule is CCC/C(CCCCC(C)(CC)CC)=C1\c2ccccc2CCc2ccc(NC)cc21. The third-order valence-electron chi connectivity index (χ3n) is 7.74. The van der Waals surface area contributed by atoms with Gasteiger partial charge in [-0.1, -0.05) is 89.3 Å². The van der Waals surface area contributed by atoms with Crippen LogP contribution in [0.1, 0.15) is 101 Å². The second-order valence-electron chi connectivity index (χ2n) is 9.73. The van der Waals surface area contributed by atoms with Crippen molar-refractivity contribution in [3.63, 3.8) is 0 Å². The summed E-state index contributed by atoms with van der Waals surface area (Å²) in [6.45, 7) is 9.51. The number of rotatable bonds is 10. The van der Waals surface area contributed by atoms with E-state index in [0.29, 0.717) is 5.41 Å². The lowest BCUT2D eigenvalue weighted by Crippen LogP contribution is -2.13. The van der Waals surface area contributed by atoms with Gasteiger partial charge < -0.3 is 5.32 Å². The number of benzene rings is 2. The third-order valence-corrected chi connectivity index (χ3v) is 7.74. The first-order valence-electron chi connectivity index (χ1n) is 12.7. The number of hydrogen-bond donors (Lipinski definition) is 1. The molecule has 0 aliphatic heterocycles. The van der Waals surface area contributed by atoms with E-state index in [4.69, 9.17) is 0 Å². The lowest BCUT2D eigenvalue weighted by Gasteiger charge is -2.26. The summed E-state index contributed by atoms with van der Waals surface area (Å²) in [6, 6.07) is 16.1. The number of unbranched alkanes of at least 4 members (excludes halogenated alkanes) is 1. The van der Waals surface area contributed by atoms with Crippen LogP contribution in [0.25, 0.3) is 5.57 Å². The second-order valence-corrected chi connectivity index (χ2v) is 9.73. The van der Waals surface area contributed by atoms with Crippen molar-refractivity contribution in [3.8, 4) is 0 Å². The van der Waals surface area contributed by atoms with Gasteiger partial charge in [-0.05, 0) is 83.9 Å². The molecule has 0 saturated carbocycles. The number of allylic oxidation sites excluding steroid dienone is 1. The summed E-state index contributed by atoms with van der Waals surface area (Å²) in [6.07, 6.45) is 12.5. The van der Waals surface area contributed by atoms with Crippen LogP contribution in [-0.4, -0.2) is 7.05 Å². The molecule has 168 valence electrons. The van der Waals surface area contributed by atoms with Gasteiger partial charge in [0, 0.05) is 12.7 Å². The standard InChI is InChI=1S/C30H43N/c1-6-13-25(15-11-12-21-30(4,7-2)8-3)29-27-16-10-9-14-23(27)17-18-24-19-20-26(31-5)22-28(24)29/h9-10,14,16,19-20,22,31H,6-8,11-13,15,17-18,21H2,1-5H3/b29-25-. The number of nitrogens with one attached hydrogen (secondary N) is 1. The molecule has 1 aliphatic rings. The fourth-order valence-corrected chi connectivity index (χ4v) is 5.13. The smallest absolute Gasteiger partial charge is 0.0343 e. The Bertz CT molecular complexity index is 885. The highest BCUT2D eigenvalue weighted by molar-refractivity contribution is 5.87. The van der Waals surface area contributed by atoms with Gasteiger partial charge in [0.15, 0.2) is 0 Å². The highest BCUT2D eigenvalue weighted by atomic mass is 14.8. The summed E-state index contributed by atoms with van der Waals surface area (Å²) >= 11 is 0. The molecule has 0 unspecified atom stereocenters. The molecule has 2 aromatic rings. The van der Waals surface area contributed by atoms with Crippen LogP contribution in [-0.2, 0) is 12.8 Å². The number of fused-ring (bicyclic) bond motifs is 2. The zero-order chi connectivity index (χ0) is 22.3. The third kappa shape index (κ3) is 5.62. The summed E-state index contributed by atoms with van der Waals surface area (Å²) < 4.78 is 0. The first kappa shape index (κ1) is 23.6. The molecule has 0 heterocycles. The van der Waals surface area contributed by atoms with E-state index >= 15 is 0 Å². The Morgan fingerprint density at radius 3 is 2.26 bits per heavy atom. The van der Waals surface area contributed by atoms with Gasteiger partial charge in [-0.3, -0.25) is 0 Å². The van der Waals surface area contributed by atoms with E-state index in [1.165, 1.54) is 84.9 Å². The molecule has 0 aromatic heterocycles. The van der Waals surface area contributed by atoms with Gasteiger partial charge in [0.05, 0.1) is 0 Å². The van der Waals surface area contributed by atoms with E-state index in [2.05, 4.69) is 75.5 Å². The van der Waals surface area contributed by atoms with E-state index in [0.717, 1.165) is 12.8 Å². The maximum Gasteiger partial charge on any atom is 0.0343 e. The molecular formula is C30H43N. The Morgan fingerprint density at radius 2 is 1.58 bits per heavy atom. The van der Waals surface area contributed by atoms with Crippen LogP contribution in [0.3, 0.4) is 0 Å². The molecule has 31 heavy (non-hydrogen) atoms. The Balaban J connectivity index is 2.00. The fourth-order valence-electron chi connectivity index (χ4n) is 5.13. The average Bonchev–Trinajstić information content (AvgIpc) is 2.97. The van der Waals surface area contributed by atoms with Crippen LogP contribution in [0.5, 0.6) is 0 Å². The molecular weight excluding hydrogens is 374 g/mol. The van der Waals surface area contributed by atoms with E-state index in [1.54, 1.807) is 5.57 Å². The average molecular weight is 418 g/mol. The Hall–Kier alpha value is -2.02. The number of aryl methyl sites for hydroxylation is 2. The maximum atomic E-state index is 3.37. The van der Waals surface area contributed by atoms with Crippen molar-refractivity contribution in [2.75, 3.05) is 12.4 Å². The zero-order valence-electron chi connectivity index (χ0n) is 20.6. The van der Waals surface area contributed by atoms with Crippen molar-refractivity contribution in [1.82, 2.24) is 0 Å². The first-order valence-corrected chi connectivity index (χ1v) is 12.7. The van der Waals surface area contributed by atoms with E-state index in [-0.39, 0.29) is 0 Å². The van der Waals surface area contributed by atoms with Gasteiger partial charge >= 0.3 is 0 Å². The zero-order valence-corrected chi connectivity index (χ0v) is 20.6. The largest absolute Gasteiger partial charge is 0.388 e. The summed E-state index contributed by atoms with van der Waals surface area (Å²) in [5.41, 5.74) is 10.9. The predicted octanol–water partition coefficient (Wildman–Crippen LogP) is 8.82. The molecule has 1 nitrogen and oxygen atoms in total. The molecule has 0 bridgehead atoms. The molecule has 0 fully saturated rings. The van der Waals surface area contributed by atoms with Gasteiger partial charge in [0.1, 0.15) is 0 Å². The van der Waals surface area contributed by atoms with Crippen LogP contribution in [0.15, 0.2) is 48.0 Å². The monoisotopic (exact) mass is 417 g/mol. The Morgan fingerprint density at radius 1 is 0.871 bits per heavy atom. The fraction of sp³-hybridized carbons (Fsp3) is 0.533. The van der Waals surface area contributed by atoms with Gasteiger partial charge in [0.2, 0.25) is 0 Å². The quantitative estimate of drug-likeness (QED) is 0.381. The molecule has 1 heteroatoms. The van der Waals surface area contributed by atoms with Crippen molar-refractivity contribution in [1.29, 1.82) is 0 Å². The molecule has 1 aliphatic carbocycles. The topological polar surface area (TPSA) is 12.0 Å². The normalized spacial score (nSPS) is 15.1. The number of hydrogen-bond acceptors (Lipinski definition) is 1. The van der Waals surface area contributed by atoms with Crippen molar-refractivity contribution >= 4 is 11.3 Å². The molecule has 2 aromatic carbocycles. The number of anilines is 1. The molecule has 0 amide bonds. The summed E-state index contributed by atoms with van der Waals surface area (Å²) in [5, 5.41) is 3.37. The van der Waals surface area contributed by atoms with Crippen molar-refractivity contribution < 1.29 is 0 Å². The predicted molar refractivity (Wildman–Crippen MR) is 138 cm³/mol. The second kappa shape index (κ2) is 11.0. The summed E-state index contributed by atoms with van der Waals surface area (Å²) in [5.74, 6) is 0. The lowest BCUT2D eigenvalue weighted by molar-refractivity contribution is 0.263. The molecule has 0 radical (unpaired) electrons. The first-order chi connectivity index (χ1) is 15.0. The molecule has 1 N–H and O–H groups in total. The van der Waals surface area contributed by atoms with Crippen molar-refractivity contribution in [2.24, 2.45) is 5.41 Å². The van der Waals surface area contributed by atoms with E-state index < -0.39 is 0 Å². The van der Waals surface area contributed by atoms with E-state index in [9.17, 15) is 0 Å². The van der Waals surface area contributed by atoms with Gasteiger partial charge in [0.25, 0.3) is 0 Å². The minimum absolute atomic E-state index is 0.515. The lowest BCUT2D eigenvalue weighted by atomic mass is 9.79. The minimum atomic E-state index is 0.515. The Kier molecular flexibility index (Phi) is 8.41. The van der Waals surface area contributed by atoms with Crippen molar-refractivity contribution in [2.45, 2.75) is 91.9 Å². The van der Waals surface area contributed by atoms with Gasteiger partial charge in [-0.2, -0.15) is 0 Å². The Labute approximate surface area is 191 Å². The highest BCUT2D eigenvalue weighted by Crippen LogP contribution is 2.40. The highest BCUT2D eigenvalue weighted by Gasteiger charge is 2.22. The van der Waals surface area contributed by atoms with Gasteiger partial charge in [-0.15, -0.1) is 0 Å². The molecule has 0 saturated heterocycles. The summed E-state index contributed by atoms with van der Waals surface area (Å²) in [4.78, 5) is 0. The van der Waals surface area contributed by atoms with E-state index in [1.807, 2.05) is 7.05 Å². The maximum absolute atomic E-state index is 3.37. The van der Waals surface area contributed by atoms with Crippen LogP contribution >= 0.6 is 0 Å². The van der Waals surface area contributed by atoms with Gasteiger partial charge in [-0.25, -0.2) is 0 Å². The van der Waals surface area contributed by atoms with Crippen LogP contribution < -0.4 is 5.32 Å². The van der Waals surface area contributed by atoms with Crippen molar-refractivity contribution in [3.05, 3.63) is 70.3 Å². The van der Waals surface area contributed by atoms with Crippen LogP contribution in [0.2, 0.25) is 0 Å². The van der Waals surface area contributed by atoms with Crippen LogP contribution in [0.4, 0.5) is 5.69 Å². The minimum Gasteiger partial charge on any atom is -0.388 e. The molecule has 0 spiro atoms. The summed E-state index contributed by atoms with van der Waals surface area (Å²) in [7, 11) is 2.03. The van der Waals surface area contributed by atoms with Crippen LogP contribution in [0, 0.1) is 5.41 Å². The molecule has 3 rings (SSSR count).